The van der Waals surface area contributed by atoms with Gasteiger partial charge >= 0.3 is 0 Å². The smallest absolute Gasteiger partial charge is 0.282 e. The van der Waals surface area contributed by atoms with Crippen molar-refractivity contribution in [1.82, 2.24) is 10.2 Å². The topological polar surface area (TPSA) is 49.4 Å². The molecule has 1 aliphatic heterocycles. The van der Waals surface area contributed by atoms with Crippen LogP contribution in [0.4, 0.5) is 4.79 Å². The first-order valence-electron chi connectivity index (χ1n) is 7.31. The van der Waals surface area contributed by atoms with Crippen LogP contribution in [0, 0.1) is 13.8 Å². The van der Waals surface area contributed by atoms with Gasteiger partial charge in [-0.3, -0.25) is 9.59 Å². The molecule has 0 aromatic heterocycles. The standard InChI is InChI=1S/C16H22N2O2S/c1-12-5-6-14(13(2)10-12)4-3-7-17-15(19)11-18-8-9-21-16(18)20/h5-6,10H,3-4,7-9,11H2,1-2H3,(H,17,19). The molecule has 1 aromatic carbocycles. The minimum atomic E-state index is -0.0634. The Balaban J connectivity index is 1.67. The largest absolute Gasteiger partial charge is 0.355 e. The summed E-state index contributed by atoms with van der Waals surface area (Å²) in [5, 5.41) is 2.90. The molecule has 1 saturated heterocycles. The van der Waals surface area contributed by atoms with Gasteiger partial charge in [-0.15, -0.1) is 0 Å². The van der Waals surface area contributed by atoms with E-state index in [4.69, 9.17) is 0 Å². The average Bonchev–Trinajstić information content (AvgIpc) is 2.82. The number of thioether (sulfide) groups is 1. The number of amides is 2. The second-order valence-electron chi connectivity index (χ2n) is 5.42. The number of hydrogen-bond acceptors (Lipinski definition) is 3. The van der Waals surface area contributed by atoms with Gasteiger partial charge in [-0.1, -0.05) is 35.5 Å². The molecule has 1 heterocycles. The van der Waals surface area contributed by atoms with Crippen LogP contribution in [0.25, 0.3) is 0 Å². The van der Waals surface area contributed by atoms with E-state index in [0.29, 0.717) is 13.1 Å². The minimum Gasteiger partial charge on any atom is -0.355 e. The molecule has 114 valence electrons. The molecular formula is C16H22N2O2S. The zero-order valence-corrected chi connectivity index (χ0v) is 13.5. The number of hydrogen-bond donors (Lipinski definition) is 1. The van der Waals surface area contributed by atoms with Gasteiger partial charge in [-0.25, -0.2) is 0 Å². The van der Waals surface area contributed by atoms with E-state index in [0.717, 1.165) is 18.6 Å². The van der Waals surface area contributed by atoms with E-state index >= 15 is 0 Å². The van der Waals surface area contributed by atoms with Crippen LogP contribution >= 0.6 is 11.8 Å². The number of rotatable bonds is 6. The average molecular weight is 306 g/mol. The summed E-state index contributed by atoms with van der Waals surface area (Å²) in [5.41, 5.74) is 3.92. The zero-order chi connectivity index (χ0) is 15.2. The molecule has 5 heteroatoms. The van der Waals surface area contributed by atoms with Gasteiger partial charge < -0.3 is 10.2 Å². The predicted molar refractivity (Wildman–Crippen MR) is 86.7 cm³/mol. The normalized spacial score (nSPS) is 14.6. The van der Waals surface area contributed by atoms with Crippen molar-refractivity contribution < 1.29 is 9.59 Å². The molecule has 1 aromatic rings. The maximum Gasteiger partial charge on any atom is 0.282 e. The Morgan fingerprint density at radius 2 is 2.19 bits per heavy atom. The van der Waals surface area contributed by atoms with Crippen LogP contribution in [0.3, 0.4) is 0 Å². The van der Waals surface area contributed by atoms with Crippen molar-refractivity contribution in [2.75, 3.05) is 25.4 Å². The van der Waals surface area contributed by atoms with Gasteiger partial charge in [0.1, 0.15) is 6.54 Å². The van der Waals surface area contributed by atoms with Crippen molar-refractivity contribution in [3.8, 4) is 0 Å². The number of aryl methyl sites for hydroxylation is 3. The Morgan fingerprint density at radius 1 is 1.38 bits per heavy atom. The van der Waals surface area contributed by atoms with E-state index in [-0.39, 0.29) is 17.7 Å². The SMILES string of the molecule is Cc1ccc(CCCNC(=O)CN2CCSC2=O)c(C)c1. The fraction of sp³-hybridized carbons (Fsp3) is 0.500. The molecule has 0 saturated carbocycles. The third-order valence-electron chi connectivity index (χ3n) is 3.62. The second kappa shape index (κ2) is 7.50. The van der Waals surface area contributed by atoms with Crippen LogP contribution < -0.4 is 5.32 Å². The van der Waals surface area contributed by atoms with E-state index < -0.39 is 0 Å². The van der Waals surface area contributed by atoms with Gasteiger partial charge in [-0.2, -0.15) is 0 Å². The molecule has 21 heavy (non-hydrogen) atoms. The third-order valence-corrected chi connectivity index (χ3v) is 4.51. The summed E-state index contributed by atoms with van der Waals surface area (Å²) in [7, 11) is 0. The second-order valence-corrected chi connectivity index (χ2v) is 6.47. The molecule has 0 radical (unpaired) electrons. The van der Waals surface area contributed by atoms with Crippen LogP contribution in [-0.2, 0) is 11.2 Å². The Labute approximate surface area is 130 Å². The summed E-state index contributed by atoms with van der Waals surface area (Å²) in [6, 6.07) is 6.47. The van der Waals surface area contributed by atoms with Gasteiger partial charge in [-0.05, 0) is 37.8 Å². The van der Waals surface area contributed by atoms with Crippen LogP contribution in [-0.4, -0.2) is 41.4 Å². The molecule has 0 atom stereocenters. The summed E-state index contributed by atoms with van der Waals surface area (Å²) < 4.78 is 0. The first kappa shape index (κ1) is 15.9. The van der Waals surface area contributed by atoms with Crippen LogP contribution in [0.5, 0.6) is 0 Å². The number of nitrogens with zero attached hydrogens (tertiary/aromatic N) is 1. The summed E-state index contributed by atoms with van der Waals surface area (Å²) in [6.07, 6.45) is 1.88. The lowest BCUT2D eigenvalue weighted by molar-refractivity contribution is -0.121. The van der Waals surface area contributed by atoms with E-state index in [1.807, 2.05) is 0 Å². The third kappa shape index (κ3) is 4.77. The molecule has 0 unspecified atom stereocenters. The maximum absolute atomic E-state index is 11.8. The van der Waals surface area contributed by atoms with Crippen molar-refractivity contribution in [3.05, 3.63) is 34.9 Å². The lowest BCUT2D eigenvalue weighted by Crippen LogP contribution is -2.37. The monoisotopic (exact) mass is 306 g/mol. The van der Waals surface area contributed by atoms with Gasteiger partial charge in [0, 0.05) is 18.8 Å². The minimum absolute atomic E-state index is 0.0143. The van der Waals surface area contributed by atoms with Crippen LogP contribution in [0.2, 0.25) is 0 Å². The van der Waals surface area contributed by atoms with Gasteiger partial charge in [0.25, 0.3) is 5.24 Å². The van der Waals surface area contributed by atoms with Gasteiger partial charge in [0.05, 0.1) is 0 Å². The van der Waals surface area contributed by atoms with Gasteiger partial charge in [0.2, 0.25) is 5.91 Å². The lowest BCUT2D eigenvalue weighted by Gasteiger charge is -2.14. The van der Waals surface area contributed by atoms with E-state index in [9.17, 15) is 9.59 Å². The summed E-state index contributed by atoms with van der Waals surface area (Å²) in [4.78, 5) is 24.8. The fourth-order valence-electron chi connectivity index (χ4n) is 2.43. The summed E-state index contributed by atoms with van der Waals surface area (Å²) in [6.45, 7) is 5.74. The number of benzene rings is 1. The molecule has 1 fully saturated rings. The van der Waals surface area contributed by atoms with Crippen molar-refractivity contribution in [2.45, 2.75) is 26.7 Å². The van der Waals surface area contributed by atoms with Gasteiger partial charge in [0.15, 0.2) is 0 Å². The Hall–Kier alpha value is -1.49. The number of carbonyl (C=O) groups is 2. The van der Waals surface area contributed by atoms with Crippen molar-refractivity contribution in [3.63, 3.8) is 0 Å². The van der Waals surface area contributed by atoms with Crippen molar-refractivity contribution in [2.24, 2.45) is 0 Å². The van der Waals surface area contributed by atoms with Crippen LogP contribution in [0.15, 0.2) is 18.2 Å². The first-order valence-corrected chi connectivity index (χ1v) is 8.29. The summed E-state index contributed by atoms with van der Waals surface area (Å²) >= 11 is 1.28. The molecule has 1 N–H and O–H groups in total. The lowest BCUT2D eigenvalue weighted by atomic mass is 10.0. The molecular weight excluding hydrogens is 284 g/mol. The highest BCUT2D eigenvalue weighted by Crippen LogP contribution is 2.16. The Morgan fingerprint density at radius 3 is 2.86 bits per heavy atom. The molecule has 0 aliphatic carbocycles. The highest BCUT2D eigenvalue weighted by Gasteiger charge is 2.22. The molecule has 2 amide bonds. The number of nitrogens with one attached hydrogen (secondary N) is 1. The van der Waals surface area contributed by atoms with E-state index in [1.165, 1.54) is 28.5 Å². The Kier molecular flexibility index (Phi) is 5.67. The molecule has 2 rings (SSSR count). The number of carbonyl (C=O) groups excluding carboxylic acids is 2. The predicted octanol–water partition coefficient (Wildman–Crippen LogP) is 2.52. The quantitative estimate of drug-likeness (QED) is 0.822. The van der Waals surface area contributed by atoms with Crippen LogP contribution in [0.1, 0.15) is 23.1 Å². The van der Waals surface area contributed by atoms with E-state index in [2.05, 4.69) is 37.4 Å². The first-order chi connectivity index (χ1) is 10.1. The highest BCUT2D eigenvalue weighted by atomic mass is 32.2. The molecule has 4 nitrogen and oxygen atoms in total. The molecule has 1 aliphatic rings. The zero-order valence-electron chi connectivity index (χ0n) is 12.6. The Bertz CT molecular complexity index is 531. The van der Waals surface area contributed by atoms with E-state index in [1.54, 1.807) is 4.90 Å². The van der Waals surface area contributed by atoms with Crippen molar-refractivity contribution in [1.29, 1.82) is 0 Å². The molecule has 0 spiro atoms. The maximum atomic E-state index is 11.8. The highest BCUT2D eigenvalue weighted by molar-refractivity contribution is 8.13. The van der Waals surface area contributed by atoms with Crippen molar-refractivity contribution >= 4 is 22.9 Å². The summed E-state index contributed by atoms with van der Waals surface area (Å²) in [5.74, 6) is 0.727. The fourth-order valence-corrected chi connectivity index (χ4v) is 3.26. The molecule has 0 bridgehead atoms.